The number of nitrogens with one attached hydrogen (secondary N) is 1. The van der Waals surface area contributed by atoms with Crippen LogP contribution >= 0.6 is 0 Å². The Labute approximate surface area is 87.2 Å². The van der Waals surface area contributed by atoms with Crippen LogP contribution in [0.15, 0.2) is 0 Å². The van der Waals surface area contributed by atoms with Gasteiger partial charge in [0.2, 0.25) is 0 Å². The normalized spacial score (nSPS) is 14.2. The summed E-state index contributed by atoms with van der Waals surface area (Å²) in [5.41, 5.74) is -0.380. The molecule has 84 valence electrons. The molecule has 1 atom stereocenters. The van der Waals surface area contributed by atoms with Crippen molar-refractivity contribution in [3.05, 3.63) is 0 Å². The molecule has 0 saturated carbocycles. The lowest BCUT2D eigenvalue weighted by Gasteiger charge is -2.22. The zero-order valence-corrected chi connectivity index (χ0v) is 10.2. The van der Waals surface area contributed by atoms with Crippen LogP contribution in [-0.2, 0) is 9.53 Å². The van der Waals surface area contributed by atoms with Crippen LogP contribution in [0.3, 0.4) is 0 Å². The van der Waals surface area contributed by atoms with E-state index < -0.39 is 0 Å². The third-order valence-electron chi connectivity index (χ3n) is 1.51. The van der Waals surface area contributed by atoms with Crippen LogP contribution < -0.4 is 5.32 Å². The molecule has 3 heteroatoms. The molecular formula is C11H23NO2. The molecule has 0 fully saturated rings. The molecule has 0 radical (unpaired) electrons. The van der Waals surface area contributed by atoms with Gasteiger partial charge in [0.1, 0.15) is 5.60 Å². The molecule has 1 N–H and O–H groups in total. The van der Waals surface area contributed by atoms with Crippen LogP contribution in [0, 0.1) is 0 Å². The van der Waals surface area contributed by atoms with Gasteiger partial charge < -0.3 is 10.1 Å². The minimum absolute atomic E-state index is 0.141. The topological polar surface area (TPSA) is 38.3 Å². The van der Waals surface area contributed by atoms with Crippen molar-refractivity contribution in [2.75, 3.05) is 0 Å². The minimum atomic E-state index is -0.380. The second-order valence-electron chi connectivity index (χ2n) is 5.01. The minimum Gasteiger partial charge on any atom is -0.460 e. The van der Waals surface area contributed by atoms with Crippen molar-refractivity contribution in [1.29, 1.82) is 0 Å². The van der Waals surface area contributed by atoms with Gasteiger partial charge in [0.15, 0.2) is 0 Å². The van der Waals surface area contributed by atoms with Gasteiger partial charge in [-0.25, -0.2) is 0 Å². The molecule has 0 aliphatic rings. The lowest BCUT2D eigenvalue weighted by molar-refractivity contribution is -0.155. The van der Waals surface area contributed by atoms with Gasteiger partial charge in [-0.15, -0.1) is 0 Å². The van der Waals surface area contributed by atoms with E-state index in [4.69, 9.17) is 4.74 Å². The Bertz CT molecular complexity index is 182. The number of ether oxygens (including phenoxy) is 1. The molecule has 0 amide bonds. The monoisotopic (exact) mass is 201 g/mol. The summed E-state index contributed by atoms with van der Waals surface area (Å²) in [6, 6.07) is 0.567. The Morgan fingerprint density at radius 3 is 2.14 bits per heavy atom. The third kappa shape index (κ3) is 8.05. The van der Waals surface area contributed by atoms with Crippen molar-refractivity contribution in [2.24, 2.45) is 0 Å². The number of hydrogen-bond donors (Lipinski definition) is 1. The maximum absolute atomic E-state index is 11.4. The van der Waals surface area contributed by atoms with E-state index in [0.29, 0.717) is 12.5 Å². The highest BCUT2D eigenvalue weighted by molar-refractivity contribution is 5.70. The van der Waals surface area contributed by atoms with E-state index in [9.17, 15) is 4.79 Å². The Morgan fingerprint density at radius 2 is 1.79 bits per heavy atom. The molecule has 0 spiro atoms. The smallest absolute Gasteiger partial charge is 0.307 e. The molecule has 0 rings (SSSR count). The van der Waals surface area contributed by atoms with Crippen molar-refractivity contribution in [3.8, 4) is 0 Å². The summed E-state index contributed by atoms with van der Waals surface area (Å²) in [5, 5.41) is 3.26. The second-order valence-corrected chi connectivity index (χ2v) is 5.01. The maximum Gasteiger partial charge on any atom is 0.307 e. The van der Waals surface area contributed by atoms with E-state index in [1.54, 1.807) is 0 Å². The van der Waals surface area contributed by atoms with Gasteiger partial charge in [-0.05, 0) is 27.7 Å². The molecular weight excluding hydrogens is 178 g/mol. The lowest BCUT2D eigenvalue weighted by atomic mass is 10.1. The van der Waals surface area contributed by atoms with Gasteiger partial charge in [-0.1, -0.05) is 13.8 Å². The zero-order valence-electron chi connectivity index (χ0n) is 10.2. The summed E-state index contributed by atoms with van der Waals surface area (Å²) >= 11 is 0. The number of rotatable bonds is 4. The fourth-order valence-electron chi connectivity index (χ4n) is 1.26. The fourth-order valence-corrected chi connectivity index (χ4v) is 1.26. The average molecular weight is 201 g/mol. The first-order chi connectivity index (χ1) is 6.20. The Balaban J connectivity index is 3.83. The van der Waals surface area contributed by atoms with Crippen LogP contribution in [0.2, 0.25) is 0 Å². The van der Waals surface area contributed by atoms with Gasteiger partial charge in [-0.3, -0.25) is 4.79 Å². The molecule has 0 aliphatic heterocycles. The summed E-state index contributed by atoms with van der Waals surface area (Å²) in [4.78, 5) is 11.4. The number of carbonyl (C=O) groups is 1. The van der Waals surface area contributed by atoms with Crippen molar-refractivity contribution in [3.63, 3.8) is 0 Å². The molecule has 0 saturated heterocycles. The van der Waals surface area contributed by atoms with Crippen LogP contribution in [0.5, 0.6) is 0 Å². The van der Waals surface area contributed by atoms with Gasteiger partial charge in [-0.2, -0.15) is 0 Å². The fraction of sp³-hybridized carbons (Fsp3) is 0.909. The second kappa shape index (κ2) is 5.35. The molecule has 0 heterocycles. The highest BCUT2D eigenvalue weighted by Crippen LogP contribution is 2.09. The lowest BCUT2D eigenvalue weighted by Crippen LogP contribution is -2.36. The highest BCUT2D eigenvalue weighted by Gasteiger charge is 2.18. The summed E-state index contributed by atoms with van der Waals surface area (Å²) in [6.45, 7) is 11.8. The van der Waals surface area contributed by atoms with Crippen molar-refractivity contribution >= 4 is 5.97 Å². The first-order valence-corrected chi connectivity index (χ1v) is 5.18. The molecule has 14 heavy (non-hydrogen) atoms. The van der Waals surface area contributed by atoms with Gasteiger partial charge >= 0.3 is 5.97 Å². The predicted octanol–water partition coefficient (Wildman–Crippen LogP) is 2.10. The average Bonchev–Trinajstić information content (AvgIpc) is 1.77. The molecule has 0 aromatic carbocycles. The number of hydrogen-bond acceptors (Lipinski definition) is 3. The van der Waals surface area contributed by atoms with Gasteiger partial charge in [0, 0.05) is 12.1 Å². The van der Waals surface area contributed by atoms with Crippen molar-refractivity contribution in [2.45, 2.75) is 65.6 Å². The van der Waals surface area contributed by atoms with Crippen LogP contribution in [0.1, 0.15) is 48.0 Å². The molecule has 0 aliphatic carbocycles. The summed E-state index contributed by atoms with van der Waals surface area (Å²) in [6.07, 6.45) is 0.426. The quantitative estimate of drug-likeness (QED) is 0.708. The van der Waals surface area contributed by atoms with E-state index in [1.165, 1.54) is 0 Å². The first-order valence-electron chi connectivity index (χ1n) is 5.18. The largest absolute Gasteiger partial charge is 0.460 e. The SMILES string of the molecule is CC(C)N[C@@H](C)CC(=O)OC(C)(C)C. The number of esters is 1. The molecule has 0 bridgehead atoms. The van der Waals surface area contributed by atoms with E-state index in [2.05, 4.69) is 19.2 Å². The maximum atomic E-state index is 11.4. The Kier molecular flexibility index (Phi) is 5.13. The van der Waals surface area contributed by atoms with Crippen molar-refractivity contribution < 1.29 is 9.53 Å². The van der Waals surface area contributed by atoms with E-state index in [-0.39, 0.29) is 17.6 Å². The van der Waals surface area contributed by atoms with E-state index >= 15 is 0 Å². The molecule has 0 aromatic rings. The van der Waals surface area contributed by atoms with Crippen LogP contribution in [0.25, 0.3) is 0 Å². The van der Waals surface area contributed by atoms with Crippen molar-refractivity contribution in [1.82, 2.24) is 5.32 Å². The van der Waals surface area contributed by atoms with Crippen LogP contribution in [0.4, 0.5) is 0 Å². The third-order valence-corrected chi connectivity index (χ3v) is 1.51. The summed E-state index contributed by atoms with van der Waals surface area (Å²) < 4.78 is 5.21. The number of carbonyl (C=O) groups excluding carboxylic acids is 1. The Hall–Kier alpha value is -0.570. The molecule has 0 unspecified atom stereocenters. The summed E-state index contributed by atoms with van der Waals surface area (Å²) in [5.74, 6) is -0.141. The Morgan fingerprint density at radius 1 is 1.29 bits per heavy atom. The standard InChI is InChI=1S/C11H23NO2/c1-8(2)12-9(3)7-10(13)14-11(4,5)6/h8-9,12H,7H2,1-6H3/t9-/m0/s1. The highest BCUT2D eigenvalue weighted by atomic mass is 16.6. The van der Waals surface area contributed by atoms with Gasteiger partial charge in [0.05, 0.1) is 6.42 Å². The predicted molar refractivity (Wildman–Crippen MR) is 58.2 cm³/mol. The molecule has 0 aromatic heterocycles. The van der Waals surface area contributed by atoms with Gasteiger partial charge in [0.25, 0.3) is 0 Å². The molecule has 3 nitrogen and oxygen atoms in total. The van der Waals surface area contributed by atoms with Crippen LogP contribution in [-0.4, -0.2) is 23.7 Å². The zero-order chi connectivity index (χ0) is 11.4. The summed E-state index contributed by atoms with van der Waals surface area (Å²) in [7, 11) is 0. The van der Waals surface area contributed by atoms with E-state index in [1.807, 2.05) is 27.7 Å². The van der Waals surface area contributed by atoms with E-state index in [0.717, 1.165) is 0 Å². The first kappa shape index (κ1) is 13.4.